The summed E-state index contributed by atoms with van der Waals surface area (Å²) < 4.78 is 27.1. The summed E-state index contributed by atoms with van der Waals surface area (Å²) in [6, 6.07) is 3.32. The number of nitrogens with one attached hydrogen (secondary N) is 1. The third kappa shape index (κ3) is 2.59. The summed E-state index contributed by atoms with van der Waals surface area (Å²) in [6.07, 6.45) is 0. The van der Waals surface area contributed by atoms with Gasteiger partial charge in [-0.15, -0.1) is 0 Å². The summed E-state index contributed by atoms with van der Waals surface area (Å²) in [6.45, 7) is 6.31. The van der Waals surface area contributed by atoms with Crippen LogP contribution < -0.4 is 5.32 Å². The van der Waals surface area contributed by atoms with Crippen molar-refractivity contribution < 1.29 is 8.78 Å². The molecule has 2 atom stereocenters. The topological polar surface area (TPSA) is 12.0 Å². The van der Waals surface area contributed by atoms with Crippen LogP contribution in [-0.4, -0.2) is 13.6 Å². The lowest BCUT2D eigenvalue weighted by Crippen LogP contribution is -2.21. The molecular weight excluding hydrogens is 208 g/mol. The second kappa shape index (κ2) is 5.39. The first-order valence-corrected chi connectivity index (χ1v) is 5.58. The zero-order chi connectivity index (χ0) is 12.3. The molecule has 1 rings (SSSR count). The molecule has 0 fully saturated rings. The van der Waals surface area contributed by atoms with E-state index >= 15 is 0 Å². The van der Waals surface area contributed by atoms with Crippen LogP contribution in [0.25, 0.3) is 0 Å². The van der Waals surface area contributed by atoms with E-state index in [4.69, 9.17) is 0 Å². The van der Waals surface area contributed by atoms with Gasteiger partial charge in [0.1, 0.15) is 0 Å². The van der Waals surface area contributed by atoms with Crippen molar-refractivity contribution in [3.05, 3.63) is 34.9 Å². The summed E-state index contributed by atoms with van der Waals surface area (Å²) in [5.74, 6) is -1.15. The van der Waals surface area contributed by atoms with Crippen molar-refractivity contribution in [2.24, 2.45) is 5.92 Å². The average Bonchev–Trinajstić information content (AvgIpc) is 2.26. The molecule has 1 nitrogen and oxygen atoms in total. The first-order chi connectivity index (χ1) is 7.49. The predicted octanol–water partition coefficient (Wildman–Crippen LogP) is 3.23. The number of benzene rings is 1. The molecule has 0 aliphatic heterocycles. The Hall–Kier alpha value is -0.960. The minimum Gasteiger partial charge on any atom is -0.319 e. The number of aryl methyl sites for hydroxylation is 1. The van der Waals surface area contributed by atoms with E-state index in [2.05, 4.69) is 5.32 Å². The Labute approximate surface area is 95.9 Å². The van der Waals surface area contributed by atoms with Crippen molar-refractivity contribution in [3.63, 3.8) is 0 Å². The molecule has 1 aromatic rings. The average molecular weight is 227 g/mol. The van der Waals surface area contributed by atoms with E-state index in [-0.39, 0.29) is 11.8 Å². The first kappa shape index (κ1) is 13.1. The lowest BCUT2D eigenvalue weighted by molar-refractivity contribution is 0.431. The van der Waals surface area contributed by atoms with Crippen molar-refractivity contribution in [1.82, 2.24) is 5.32 Å². The molecule has 0 heterocycles. The maximum absolute atomic E-state index is 13.7. The van der Waals surface area contributed by atoms with Crippen LogP contribution in [-0.2, 0) is 0 Å². The van der Waals surface area contributed by atoms with E-state index in [1.165, 1.54) is 0 Å². The van der Waals surface area contributed by atoms with Crippen molar-refractivity contribution >= 4 is 0 Å². The van der Waals surface area contributed by atoms with E-state index in [1.54, 1.807) is 19.1 Å². The van der Waals surface area contributed by atoms with E-state index in [9.17, 15) is 8.78 Å². The highest BCUT2D eigenvalue weighted by Gasteiger charge is 2.20. The Morgan fingerprint density at radius 2 is 1.81 bits per heavy atom. The van der Waals surface area contributed by atoms with Gasteiger partial charge in [-0.05, 0) is 43.5 Å². The molecule has 0 aliphatic rings. The molecule has 0 bridgehead atoms. The van der Waals surface area contributed by atoms with Crippen LogP contribution in [0.2, 0.25) is 0 Å². The maximum atomic E-state index is 13.7. The highest BCUT2D eigenvalue weighted by Crippen LogP contribution is 2.28. The van der Waals surface area contributed by atoms with Gasteiger partial charge in [-0.1, -0.05) is 26.0 Å². The molecule has 0 radical (unpaired) electrons. The first-order valence-electron chi connectivity index (χ1n) is 5.58. The Kier molecular flexibility index (Phi) is 4.42. The number of rotatable bonds is 4. The van der Waals surface area contributed by atoms with Gasteiger partial charge in [0.05, 0.1) is 0 Å². The van der Waals surface area contributed by atoms with Gasteiger partial charge in [0.2, 0.25) is 0 Å². The molecular formula is C13H19F2N. The Morgan fingerprint density at radius 1 is 1.19 bits per heavy atom. The van der Waals surface area contributed by atoms with Gasteiger partial charge < -0.3 is 5.32 Å². The van der Waals surface area contributed by atoms with Crippen LogP contribution in [0.5, 0.6) is 0 Å². The maximum Gasteiger partial charge on any atom is 0.162 e. The minimum atomic E-state index is -0.721. The molecule has 0 spiro atoms. The van der Waals surface area contributed by atoms with Crippen LogP contribution in [0.4, 0.5) is 8.78 Å². The van der Waals surface area contributed by atoms with Gasteiger partial charge in [0.25, 0.3) is 0 Å². The standard InChI is InChI=1S/C13H19F2N/c1-8-5-6-11(13(15)12(8)14)10(3)9(2)7-16-4/h5-6,9-10,16H,7H2,1-4H3. The number of halogens is 2. The fourth-order valence-corrected chi connectivity index (χ4v) is 1.82. The predicted molar refractivity (Wildman–Crippen MR) is 62.6 cm³/mol. The third-order valence-corrected chi connectivity index (χ3v) is 3.18. The fourth-order valence-electron chi connectivity index (χ4n) is 1.82. The SMILES string of the molecule is CNCC(C)C(C)c1ccc(C)c(F)c1F. The van der Waals surface area contributed by atoms with Crippen LogP contribution >= 0.6 is 0 Å². The lowest BCUT2D eigenvalue weighted by Gasteiger charge is -2.21. The molecule has 3 heteroatoms. The van der Waals surface area contributed by atoms with Gasteiger partial charge in [-0.2, -0.15) is 0 Å². The van der Waals surface area contributed by atoms with Crippen LogP contribution in [0.15, 0.2) is 12.1 Å². The molecule has 1 N–H and O–H groups in total. The van der Waals surface area contributed by atoms with Crippen LogP contribution in [0, 0.1) is 24.5 Å². The van der Waals surface area contributed by atoms with Gasteiger partial charge in [-0.3, -0.25) is 0 Å². The van der Waals surface area contributed by atoms with Gasteiger partial charge in [-0.25, -0.2) is 8.78 Å². The zero-order valence-corrected chi connectivity index (χ0v) is 10.3. The molecule has 90 valence electrons. The lowest BCUT2D eigenvalue weighted by atomic mass is 9.88. The van der Waals surface area contributed by atoms with Crippen LogP contribution in [0.3, 0.4) is 0 Å². The van der Waals surface area contributed by atoms with E-state index in [0.29, 0.717) is 11.1 Å². The largest absolute Gasteiger partial charge is 0.319 e. The molecule has 16 heavy (non-hydrogen) atoms. The molecule has 0 aliphatic carbocycles. The highest BCUT2D eigenvalue weighted by atomic mass is 19.2. The molecule has 0 saturated carbocycles. The summed E-state index contributed by atoms with van der Waals surface area (Å²) in [4.78, 5) is 0. The number of hydrogen-bond donors (Lipinski definition) is 1. The normalized spacial score (nSPS) is 14.9. The van der Waals surface area contributed by atoms with E-state index in [0.717, 1.165) is 6.54 Å². The summed E-state index contributed by atoms with van der Waals surface area (Å²) in [7, 11) is 1.86. The van der Waals surface area contributed by atoms with Crippen LogP contribution in [0.1, 0.15) is 30.9 Å². The van der Waals surface area contributed by atoms with Crippen molar-refractivity contribution in [2.45, 2.75) is 26.7 Å². The Morgan fingerprint density at radius 3 is 2.38 bits per heavy atom. The van der Waals surface area contributed by atoms with Crippen molar-refractivity contribution in [2.75, 3.05) is 13.6 Å². The molecule has 1 aromatic carbocycles. The minimum absolute atomic E-state index is 0.00236. The molecule has 2 unspecified atom stereocenters. The van der Waals surface area contributed by atoms with E-state index in [1.807, 2.05) is 20.9 Å². The summed E-state index contributed by atoms with van der Waals surface area (Å²) in [5.41, 5.74) is 0.820. The number of hydrogen-bond acceptors (Lipinski definition) is 1. The smallest absolute Gasteiger partial charge is 0.162 e. The Bertz CT molecular complexity index is 363. The summed E-state index contributed by atoms with van der Waals surface area (Å²) >= 11 is 0. The quantitative estimate of drug-likeness (QED) is 0.832. The van der Waals surface area contributed by atoms with Gasteiger partial charge in [0, 0.05) is 0 Å². The molecule has 0 amide bonds. The zero-order valence-electron chi connectivity index (χ0n) is 10.3. The van der Waals surface area contributed by atoms with Gasteiger partial charge >= 0.3 is 0 Å². The highest BCUT2D eigenvalue weighted by molar-refractivity contribution is 5.28. The van der Waals surface area contributed by atoms with Gasteiger partial charge in [0.15, 0.2) is 11.6 Å². The molecule has 0 saturated heterocycles. The summed E-state index contributed by atoms with van der Waals surface area (Å²) in [5, 5.41) is 3.05. The fraction of sp³-hybridized carbons (Fsp3) is 0.538. The monoisotopic (exact) mass is 227 g/mol. The van der Waals surface area contributed by atoms with Crippen molar-refractivity contribution in [1.29, 1.82) is 0 Å². The van der Waals surface area contributed by atoms with E-state index < -0.39 is 11.6 Å². The second-order valence-corrected chi connectivity index (χ2v) is 4.42. The molecule has 0 aromatic heterocycles. The Balaban J connectivity index is 3.00. The second-order valence-electron chi connectivity index (χ2n) is 4.42. The van der Waals surface area contributed by atoms with Crippen molar-refractivity contribution in [3.8, 4) is 0 Å². The third-order valence-electron chi connectivity index (χ3n) is 3.18.